The van der Waals surface area contributed by atoms with Crippen LogP contribution in [0.1, 0.15) is 19.5 Å². The van der Waals surface area contributed by atoms with Gasteiger partial charge in [0.25, 0.3) is 0 Å². The first kappa shape index (κ1) is 11.2. The van der Waals surface area contributed by atoms with Crippen molar-refractivity contribution in [3.63, 3.8) is 0 Å². The van der Waals surface area contributed by atoms with Gasteiger partial charge < -0.3 is 4.74 Å². The summed E-state index contributed by atoms with van der Waals surface area (Å²) in [6.45, 7) is 5.25. The van der Waals surface area contributed by atoms with Crippen molar-refractivity contribution in [2.24, 2.45) is 0 Å². The molecule has 1 aliphatic heterocycles. The van der Waals surface area contributed by atoms with Crippen LogP contribution in [0.2, 0.25) is 0 Å². The lowest BCUT2D eigenvalue weighted by molar-refractivity contribution is -0.0520. The van der Waals surface area contributed by atoms with E-state index in [9.17, 15) is 4.39 Å². The summed E-state index contributed by atoms with van der Waals surface area (Å²) in [5.41, 5.74) is 0.931. The van der Waals surface area contributed by atoms with Crippen LogP contribution in [0, 0.1) is 5.82 Å². The van der Waals surface area contributed by atoms with Crippen LogP contribution >= 0.6 is 15.9 Å². The molecule has 2 heterocycles. The van der Waals surface area contributed by atoms with E-state index in [0.717, 1.165) is 15.6 Å². The highest BCUT2D eigenvalue weighted by Crippen LogP contribution is 2.36. The fourth-order valence-corrected chi connectivity index (χ4v) is 2.84. The Labute approximate surface area is 107 Å². The number of hydrogen-bond acceptors (Lipinski definition) is 2. The zero-order chi connectivity index (χ0) is 12.2. The molecule has 0 aliphatic carbocycles. The Kier molecular flexibility index (Phi) is 2.32. The quantitative estimate of drug-likeness (QED) is 0.747. The van der Waals surface area contributed by atoms with Crippen LogP contribution in [0.5, 0.6) is 0 Å². The molecule has 1 aromatic carbocycles. The number of benzene rings is 1. The third-order valence-corrected chi connectivity index (χ3v) is 3.56. The molecule has 1 aromatic heterocycles. The summed E-state index contributed by atoms with van der Waals surface area (Å²) < 4.78 is 22.2. The second-order valence-electron chi connectivity index (χ2n) is 4.71. The summed E-state index contributed by atoms with van der Waals surface area (Å²) >= 11 is 3.32. The van der Waals surface area contributed by atoms with Crippen molar-refractivity contribution >= 4 is 26.8 Å². The van der Waals surface area contributed by atoms with Crippen LogP contribution in [0.15, 0.2) is 16.6 Å². The van der Waals surface area contributed by atoms with Crippen LogP contribution in [0.25, 0.3) is 10.9 Å². The van der Waals surface area contributed by atoms with Crippen molar-refractivity contribution in [2.45, 2.75) is 26.0 Å². The Hall–Kier alpha value is -0.940. The normalized spacial score (nSPS) is 18.4. The maximum Gasteiger partial charge on any atom is 0.152 e. The first-order chi connectivity index (χ1) is 7.99. The molecule has 3 rings (SSSR count). The highest BCUT2D eigenvalue weighted by Gasteiger charge is 2.33. The molecule has 0 spiro atoms. The van der Waals surface area contributed by atoms with Gasteiger partial charge in [0.1, 0.15) is 11.1 Å². The van der Waals surface area contributed by atoms with Gasteiger partial charge in [0.05, 0.1) is 18.8 Å². The van der Waals surface area contributed by atoms with Gasteiger partial charge in [-0.3, -0.25) is 4.68 Å². The zero-order valence-corrected chi connectivity index (χ0v) is 11.2. The van der Waals surface area contributed by atoms with Crippen LogP contribution in [0.4, 0.5) is 4.39 Å². The molecule has 0 bridgehead atoms. The first-order valence-electron chi connectivity index (χ1n) is 5.49. The maximum absolute atomic E-state index is 13.8. The van der Waals surface area contributed by atoms with Crippen molar-refractivity contribution in [3.05, 3.63) is 28.1 Å². The highest BCUT2D eigenvalue weighted by atomic mass is 79.9. The molecule has 5 heteroatoms. The van der Waals surface area contributed by atoms with Crippen molar-refractivity contribution in [2.75, 3.05) is 6.61 Å². The summed E-state index contributed by atoms with van der Waals surface area (Å²) in [7, 11) is 0. The number of ether oxygens (including phenoxy) is 1. The van der Waals surface area contributed by atoms with Gasteiger partial charge in [-0.25, -0.2) is 4.39 Å². The van der Waals surface area contributed by atoms with Gasteiger partial charge in [-0.15, -0.1) is 0 Å². The molecule has 0 amide bonds. The largest absolute Gasteiger partial charge is 0.367 e. The number of aromatic nitrogens is 2. The van der Waals surface area contributed by atoms with Crippen LogP contribution in [-0.2, 0) is 16.9 Å². The van der Waals surface area contributed by atoms with Crippen molar-refractivity contribution in [1.82, 2.24) is 9.78 Å². The molecule has 1 aliphatic rings. The van der Waals surface area contributed by atoms with E-state index < -0.39 is 5.60 Å². The van der Waals surface area contributed by atoms with Gasteiger partial charge in [0.2, 0.25) is 0 Å². The Morgan fingerprint density at radius 1 is 1.47 bits per heavy atom. The Balaban J connectivity index is 2.41. The lowest BCUT2D eigenvalue weighted by Crippen LogP contribution is -2.33. The molecule has 0 fully saturated rings. The van der Waals surface area contributed by atoms with Crippen LogP contribution in [-0.4, -0.2) is 16.4 Å². The predicted molar refractivity (Wildman–Crippen MR) is 66.4 cm³/mol. The summed E-state index contributed by atoms with van der Waals surface area (Å²) in [5, 5.41) is 5.15. The van der Waals surface area contributed by atoms with E-state index in [1.807, 2.05) is 24.6 Å². The second-order valence-corrected chi connectivity index (χ2v) is 5.63. The second kappa shape index (κ2) is 3.53. The third-order valence-electron chi connectivity index (χ3n) is 3.10. The SMILES string of the molecule is CC1(C)OCCn2nc3c(F)cc(Br)cc3c21. The van der Waals surface area contributed by atoms with E-state index in [-0.39, 0.29) is 5.82 Å². The van der Waals surface area contributed by atoms with E-state index in [2.05, 4.69) is 21.0 Å². The van der Waals surface area contributed by atoms with Crippen molar-refractivity contribution in [3.8, 4) is 0 Å². The van der Waals surface area contributed by atoms with E-state index in [4.69, 9.17) is 4.74 Å². The minimum absolute atomic E-state index is 0.299. The summed E-state index contributed by atoms with van der Waals surface area (Å²) in [6.07, 6.45) is 0. The van der Waals surface area contributed by atoms with Crippen molar-refractivity contribution < 1.29 is 9.13 Å². The number of hydrogen-bond donors (Lipinski definition) is 0. The first-order valence-corrected chi connectivity index (χ1v) is 6.28. The third kappa shape index (κ3) is 1.60. The monoisotopic (exact) mass is 298 g/mol. The highest BCUT2D eigenvalue weighted by molar-refractivity contribution is 9.10. The van der Waals surface area contributed by atoms with Crippen molar-refractivity contribution in [1.29, 1.82) is 0 Å². The minimum atomic E-state index is -0.430. The molecule has 3 nitrogen and oxygen atoms in total. The zero-order valence-electron chi connectivity index (χ0n) is 9.63. The molecule has 0 unspecified atom stereocenters. The number of halogens is 2. The average molecular weight is 299 g/mol. The van der Waals surface area contributed by atoms with E-state index in [1.54, 1.807) is 0 Å². The molecule has 0 N–H and O–H groups in total. The van der Waals surface area contributed by atoms with Gasteiger partial charge in [0, 0.05) is 9.86 Å². The van der Waals surface area contributed by atoms with Crippen LogP contribution in [0.3, 0.4) is 0 Å². The standard InChI is InChI=1S/C12H12BrFN2O/c1-12(2)11-8-5-7(13)6-9(14)10(8)15-16(11)3-4-17-12/h5-6H,3-4H2,1-2H3. The maximum atomic E-state index is 13.8. The average Bonchev–Trinajstić information content (AvgIpc) is 2.57. The molecule has 0 radical (unpaired) electrons. The van der Waals surface area contributed by atoms with Crippen LogP contribution < -0.4 is 0 Å². The summed E-state index contributed by atoms with van der Waals surface area (Å²) in [6, 6.07) is 3.34. The van der Waals surface area contributed by atoms with Gasteiger partial charge >= 0.3 is 0 Å². The molecular formula is C12H12BrFN2O. The molecule has 0 saturated carbocycles. The smallest absolute Gasteiger partial charge is 0.152 e. The molecular weight excluding hydrogens is 287 g/mol. The van der Waals surface area contributed by atoms with E-state index in [0.29, 0.717) is 18.7 Å². The number of nitrogens with zero attached hydrogens (tertiary/aromatic N) is 2. The Morgan fingerprint density at radius 3 is 3.00 bits per heavy atom. The number of rotatable bonds is 0. The van der Waals surface area contributed by atoms with Gasteiger partial charge in [-0.2, -0.15) is 5.10 Å². The fourth-order valence-electron chi connectivity index (χ4n) is 2.41. The summed E-state index contributed by atoms with van der Waals surface area (Å²) in [4.78, 5) is 0. The Morgan fingerprint density at radius 2 is 2.24 bits per heavy atom. The molecule has 0 atom stereocenters. The fraction of sp³-hybridized carbons (Fsp3) is 0.417. The summed E-state index contributed by atoms with van der Waals surface area (Å²) in [5.74, 6) is -0.299. The molecule has 0 saturated heterocycles. The topological polar surface area (TPSA) is 27.1 Å². The van der Waals surface area contributed by atoms with Gasteiger partial charge in [0.15, 0.2) is 5.82 Å². The lowest BCUT2D eigenvalue weighted by atomic mass is 9.99. The minimum Gasteiger partial charge on any atom is -0.367 e. The molecule has 17 heavy (non-hydrogen) atoms. The molecule has 90 valence electrons. The van der Waals surface area contributed by atoms with E-state index >= 15 is 0 Å². The predicted octanol–water partition coefficient (Wildman–Crippen LogP) is 3.20. The number of fused-ring (bicyclic) bond motifs is 3. The van der Waals surface area contributed by atoms with Gasteiger partial charge in [-0.05, 0) is 26.0 Å². The van der Waals surface area contributed by atoms with Gasteiger partial charge in [-0.1, -0.05) is 15.9 Å². The Bertz CT molecular complexity index is 606. The van der Waals surface area contributed by atoms with E-state index in [1.165, 1.54) is 6.07 Å². The molecule has 2 aromatic rings. The lowest BCUT2D eigenvalue weighted by Gasteiger charge is -2.31.